The van der Waals surface area contributed by atoms with E-state index in [2.05, 4.69) is 70.6 Å². The van der Waals surface area contributed by atoms with Crippen LogP contribution in [0.3, 0.4) is 0 Å². The summed E-state index contributed by atoms with van der Waals surface area (Å²) < 4.78 is 0. The molecule has 3 aromatic carbocycles. The molecular weight excluding hydrogens is 330 g/mol. The number of hydrogen-bond acceptors (Lipinski definition) is 3. The molecule has 0 spiro atoms. The lowest BCUT2D eigenvalue weighted by Crippen LogP contribution is -2.19. The summed E-state index contributed by atoms with van der Waals surface area (Å²) in [7, 11) is 0. The number of rotatable bonds is 2. The van der Waals surface area contributed by atoms with Crippen molar-refractivity contribution in [1.82, 2.24) is 4.98 Å². The van der Waals surface area contributed by atoms with E-state index in [-0.39, 0.29) is 6.04 Å². The molecule has 0 N–H and O–H groups in total. The summed E-state index contributed by atoms with van der Waals surface area (Å²) in [5.41, 5.74) is 5.52. The fourth-order valence-corrected chi connectivity index (χ4v) is 4.11. The molecule has 2 heterocycles. The Kier molecular flexibility index (Phi) is 3.62. The number of pyridine rings is 1. The smallest absolute Gasteiger partial charge is 0.0992 e. The molecule has 1 aliphatic heterocycles. The van der Waals surface area contributed by atoms with E-state index in [0.29, 0.717) is 5.56 Å². The number of benzene rings is 3. The first-order valence-electron chi connectivity index (χ1n) is 9.05. The van der Waals surface area contributed by atoms with E-state index in [1.807, 2.05) is 30.6 Å². The van der Waals surface area contributed by atoms with Gasteiger partial charge in [-0.1, -0.05) is 36.4 Å². The molecule has 3 heteroatoms. The van der Waals surface area contributed by atoms with Gasteiger partial charge >= 0.3 is 0 Å². The third-order valence-electron chi connectivity index (χ3n) is 5.33. The fourth-order valence-electron chi connectivity index (χ4n) is 4.11. The standard InChI is InChI=1S/C24H17N3/c25-16-17-4-3-6-20(14-17)27-23-9-8-18-5-1-2-7-21(18)22(23)15-24(27)19-10-12-26-13-11-19/h1-14,24H,15H2. The molecule has 128 valence electrons. The predicted molar refractivity (Wildman–Crippen MR) is 108 cm³/mol. The zero-order valence-corrected chi connectivity index (χ0v) is 14.7. The van der Waals surface area contributed by atoms with Crippen molar-refractivity contribution in [1.29, 1.82) is 5.26 Å². The maximum atomic E-state index is 9.35. The van der Waals surface area contributed by atoms with Crippen LogP contribution in [0.2, 0.25) is 0 Å². The van der Waals surface area contributed by atoms with Gasteiger partial charge in [0.25, 0.3) is 0 Å². The maximum absolute atomic E-state index is 9.35. The molecule has 3 nitrogen and oxygen atoms in total. The quantitative estimate of drug-likeness (QED) is 0.478. The van der Waals surface area contributed by atoms with Gasteiger partial charge in [-0.15, -0.1) is 0 Å². The zero-order chi connectivity index (χ0) is 18.2. The highest BCUT2D eigenvalue weighted by atomic mass is 15.2. The van der Waals surface area contributed by atoms with Gasteiger partial charge in [0.1, 0.15) is 0 Å². The topological polar surface area (TPSA) is 39.9 Å². The summed E-state index contributed by atoms with van der Waals surface area (Å²) in [6.07, 6.45) is 4.62. The van der Waals surface area contributed by atoms with Crippen LogP contribution in [-0.4, -0.2) is 4.98 Å². The summed E-state index contributed by atoms with van der Waals surface area (Å²) in [4.78, 5) is 6.54. The summed E-state index contributed by atoms with van der Waals surface area (Å²) >= 11 is 0. The maximum Gasteiger partial charge on any atom is 0.0992 e. The molecule has 0 amide bonds. The van der Waals surface area contributed by atoms with Gasteiger partial charge in [-0.25, -0.2) is 0 Å². The number of aromatic nitrogens is 1. The number of nitrogens with zero attached hydrogens (tertiary/aromatic N) is 3. The van der Waals surface area contributed by atoms with Gasteiger partial charge in [0.15, 0.2) is 0 Å². The highest BCUT2D eigenvalue weighted by Crippen LogP contribution is 2.47. The van der Waals surface area contributed by atoms with E-state index < -0.39 is 0 Å². The molecule has 0 radical (unpaired) electrons. The van der Waals surface area contributed by atoms with Crippen molar-refractivity contribution >= 4 is 22.1 Å². The largest absolute Gasteiger partial charge is 0.333 e. The molecule has 1 aromatic heterocycles. The van der Waals surface area contributed by atoms with Crippen molar-refractivity contribution in [3.63, 3.8) is 0 Å². The van der Waals surface area contributed by atoms with Crippen LogP contribution in [0.25, 0.3) is 10.8 Å². The Bertz CT molecular complexity index is 1180. The Balaban J connectivity index is 1.74. The van der Waals surface area contributed by atoms with E-state index in [4.69, 9.17) is 0 Å². The van der Waals surface area contributed by atoms with Gasteiger partial charge in [-0.2, -0.15) is 5.26 Å². The lowest BCUT2D eigenvalue weighted by atomic mass is 9.99. The normalized spacial score (nSPS) is 15.5. The van der Waals surface area contributed by atoms with Crippen LogP contribution in [0.4, 0.5) is 11.4 Å². The van der Waals surface area contributed by atoms with Gasteiger partial charge in [0, 0.05) is 23.8 Å². The molecule has 1 aliphatic rings. The van der Waals surface area contributed by atoms with Crippen molar-refractivity contribution in [3.05, 3.63) is 102 Å². The number of nitriles is 1. The molecule has 0 bridgehead atoms. The van der Waals surface area contributed by atoms with Crippen molar-refractivity contribution < 1.29 is 0 Å². The molecule has 4 aromatic rings. The summed E-state index contributed by atoms with van der Waals surface area (Å²) in [5.74, 6) is 0. The third kappa shape index (κ3) is 2.54. The van der Waals surface area contributed by atoms with Gasteiger partial charge < -0.3 is 4.90 Å². The molecule has 0 saturated carbocycles. The second-order valence-electron chi connectivity index (χ2n) is 6.82. The molecular formula is C24H17N3. The van der Waals surface area contributed by atoms with Crippen LogP contribution < -0.4 is 4.90 Å². The predicted octanol–water partition coefficient (Wildman–Crippen LogP) is 5.54. The lowest BCUT2D eigenvalue weighted by Gasteiger charge is -2.28. The van der Waals surface area contributed by atoms with E-state index in [1.54, 1.807) is 0 Å². The summed E-state index contributed by atoms with van der Waals surface area (Å²) in [6.45, 7) is 0. The van der Waals surface area contributed by atoms with E-state index in [1.165, 1.54) is 27.6 Å². The molecule has 1 atom stereocenters. The third-order valence-corrected chi connectivity index (χ3v) is 5.33. The molecule has 0 fully saturated rings. The second kappa shape index (κ2) is 6.26. The lowest BCUT2D eigenvalue weighted by molar-refractivity contribution is 0.743. The minimum atomic E-state index is 0.183. The molecule has 27 heavy (non-hydrogen) atoms. The van der Waals surface area contributed by atoms with Crippen molar-refractivity contribution in [2.24, 2.45) is 0 Å². The number of anilines is 2. The molecule has 1 unspecified atom stereocenters. The van der Waals surface area contributed by atoms with Crippen LogP contribution in [-0.2, 0) is 6.42 Å². The highest BCUT2D eigenvalue weighted by molar-refractivity contribution is 5.93. The van der Waals surface area contributed by atoms with Crippen LogP contribution in [0.1, 0.15) is 22.7 Å². The van der Waals surface area contributed by atoms with Crippen LogP contribution in [0, 0.1) is 11.3 Å². The monoisotopic (exact) mass is 347 g/mol. The van der Waals surface area contributed by atoms with E-state index >= 15 is 0 Å². The molecule has 0 aliphatic carbocycles. The van der Waals surface area contributed by atoms with Gasteiger partial charge in [0.2, 0.25) is 0 Å². The van der Waals surface area contributed by atoms with Crippen LogP contribution >= 0.6 is 0 Å². The second-order valence-corrected chi connectivity index (χ2v) is 6.82. The first-order valence-corrected chi connectivity index (χ1v) is 9.05. The Morgan fingerprint density at radius 3 is 2.63 bits per heavy atom. The number of hydrogen-bond donors (Lipinski definition) is 0. The summed E-state index contributed by atoms with van der Waals surface area (Å²) in [6, 6.07) is 27.4. The van der Waals surface area contributed by atoms with E-state index in [9.17, 15) is 5.26 Å². The molecule has 5 rings (SSSR count). The Morgan fingerprint density at radius 2 is 1.78 bits per heavy atom. The van der Waals surface area contributed by atoms with Crippen LogP contribution in [0.15, 0.2) is 85.2 Å². The Hall–Kier alpha value is -3.64. The van der Waals surface area contributed by atoms with Crippen molar-refractivity contribution in [2.45, 2.75) is 12.5 Å². The van der Waals surface area contributed by atoms with Gasteiger partial charge in [0.05, 0.1) is 17.7 Å². The minimum Gasteiger partial charge on any atom is -0.333 e. The average molecular weight is 347 g/mol. The average Bonchev–Trinajstić information content (AvgIpc) is 3.14. The van der Waals surface area contributed by atoms with Crippen molar-refractivity contribution in [2.75, 3.05) is 4.90 Å². The van der Waals surface area contributed by atoms with E-state index in [0.717, 1.165) is 12.1 Å². The molecule has 0 saturated heterocycles. The zero-order valence-electron chi connectivity index (χ0n) is 14.7. The Labute approximate surface area is 158 Å². The first-order chi connectivity index (χ1) is 13.3. The highest BCUT2D eigenvalue weighted by Gasteiger charge is 2.32. The Morgan fingerprint density at radius 1 is 0.926 bits per heavy atom. The first kappa shape index (κ1) is 15.6. The summed E-state index contributed by atoms with van der Waals surface area (Å²) in [5, 5.41) is 11.9. The van der Waals surface area contributed by atoms with Gasteiger partial charge in [-0.3, -0.25) is 4.98 Å². The van der Waals surface area contributed by atoms with Crippen LogP contribution in [0.5, 0.6) is 0 Å². The van der Waals surface area contributed by atoms with Crippen molar-refractivity contribution in [3.8, 4) is 6.07 Å². The number of fused-ring (bicyclic) bond motifs is 3. The van der Waals surface area contributed by atoms with Gasteiger partial charge in [-0.05, 0) is 64.7 Å². The SMILES string of the molecule is N#Cc1cccc(N2c3ccc4ccccc4c3CC2c2ccncc2)c1. The minimum absolute atomic E-state index is 0.183. The fraction of sp³-hybridized carbons (Fsp3) is 0.0833.